The van der Waals surface area contributed by atoms with Crippen molar-refractivity contribution in [3.05, 3.63) is 24.3 Å². The zero-order valence-electron chi connectivity index (χ0n) is 12.2. The molecule has 2 atom stereocenters. The maximum atomic E-state index is 12.4. The fourth-order valence-corrected chi connectivity index (χ4v) is 2.52. The van der Waals surface area contributed by atoms with Gasteiger partial charge in [-0.2, -0.15) is 0 Å². The highest BCUT2D eigenvalue weighted by molar-refractivity contribution is 5.80. The van der Waals surface area contributed by atoms with E-state index >= 15 is 0 Å². The van der Waals surface area contributed by atoms with Crippen LogP contribution >= 0.6 is 0 Å². The van der Waals surface area contributed by atoms with Gasteiger partial charge in [0, 0.05) is 13.1 Å². The Bertz CT molecular complexity index is 444. The van der Waals surface area contributed by atoms with Gasteiger partial charge in [-0.05, 0) is 56.4 Å². The monoisotopic (exact) mass is 277 g/mol. The van der Waals surface area contributed by atoms with Crippen molar-refractivity contribution in [1.29, 1.82) is 0 Å². The minimum atomic E-state index is -0.493. The molecule has 1 saturated heterocycles. The van der Waals surface area contributed by atoms with E-state index in [9.17, 15) is 9.90 Å². The van der Waals surface area contributed by atoms with Crippen molar-refractivity contribution in [2.75, 3.05) is 13.1 Å². The SMILES string of the molecule is CC1CCCN(C(=O)C(C)Oc2ccc(O)cc2)CC1. The highest BCUT2D eigenvalue weighted by atomic mass is 16.5. The van der Waals surface area contributed by atoms with Gasteiger partial charge < -0.3 is 14.7 Å². The lowest BCUT2D eigenvalue weighted by atomic mass is 10.0. The van der Waals surface area contributed by atoms with Crippen LogP contribution in [0.4, 0.5) is 0 Å². The topological polar surface area (TPSA) is 49.8 Å². The molecule has 2 unspecified atom stereocenters. The summed E-state index contributed by atoms with van der Waals surface area (Å²) >= 11 is 0. The summed E-state index contributed by atoms with van der Waals surface area (Å²) in [5.74, 6) is 1.54. The van der Waals surface area contributed by atoms with E-state index in [4.69, 9.17) is 4.74 Å². The highest BCUT2D eigenvalue weighted by Crippen LogP contribution is 2.20. The number of rotatable bonds is 3. The third kappa shape index (κ3) is 3.89. The van der Waals surface area contributed by atoms with Gasteiger partial charge in [-0.25, -0.2) is 0 Å². The van der Waals surface area contributed by atoms with Gasteiger partial charge in [0.2, 0.25) is 0 Å². The number of phenolic OH excluding ortho intramolecular Hbond substituents is 1. The van der Waals surface area contributed by atoms with Crippen LogP contribution in [0.15, 0.2) is 24.3 Å². The zero-order chi connectivity index (χ0) is 14.5. The van der Waals surface area contributed by atoms with Crippen LogP contribution in [-0.2, 0) is 4.79 Å². The number of benzene rings is 1. The minimum absolute atomic E-state index is 0.0483. The molecule has 1 aliphatic heterocycles. The molecule has 0 aromatic heterocycles. The summed E-state index contributed by atoms with van der Waals surface area (Å²) in [6.45, 7) is 5.67. The van der Waals surface area contributed by atoms with Crippen LogP contribution in [0.1, 0.15) is 33.1 Å². The van der Waals surface area contributed by atoms with Gasteiger partial charge in [0.1, 0.15) is 11.5 Å². The number of hydrogen-bond donors (Lipinski definition) is 1. The van der Waals surface area contributed by atoms with Crippen molar-refractivity contribution in [2.45, 2.75) is 39.2 Å². The number of nitrogens with zero attached hydrogens (tertiary/aromatic N) is 1. The number of hydrogen-bond acceptors (Lipinski definition) is 3. The molecule has 20 heavy (non-hydrogen) atoms. The van der Waals surface area contributed by atoms with Crippen LogP contribution in [0.5, 0.6) is 11.5 Å². The molecule has 110 valence electrons. The van der Waals surface area contributed by atoms with Crippen LogP contribution in [0, 0.1) is 5.92 Å². The Morgan fingerprint density at radius 3 is 2.70 bits per heavy atom. The van der Waals surface area contributed by atoms with Gasteiger partial charge >= 0.3 is 0 Å². The van der Waals surface area contributed by atoms with E-state index in [0.29, 0.717) is 11.7 Å². The second-order valence-corrected chi connectivity index (χ2v) is 5.62. The van der Waals surface area contributed by atoms with Gasteiger partial charge in [-0.15, -0.1) is 0 Å². The van der Waals surface area contributed by atoms with Gasteiger partial charge in [-0.1, -0.05) is 6.92 Å². The fraction of sp³-hybridized carbons (Fsp3) is 0.562. The van der Waals surface area contributed by atoms with E-state index in [1.165, 1.54) is 6.42 Å². The second kappa shape index (κ2) is 6.64. The maximum absolute atomic E-state index is 12.4. The third-order valence-corrected chi connectivity index (χ3v) is 3.83. The first-order valence-electron chi connectivity index (χ1n) is 7.30. The molecule has 0 aliphatic carbocycles. The standard InChI is InChI=1S/C16H23NO3/c1-12-4-3-10-17(11-9-12)16(19)13(2)20-15-7-5-14(18)6-8-15/h5-8,12-13,18H,3-4,9-11H2,1-2H3. The first kappa shape index (κ1) is 14.7. The zero-order valence-corrected chi connectivity index (χ0v) is 12.2. The van der Waals surface area contributed by atoms with Crippen LogP contribution in [-0.4, -0.2) is 35.1 Å². The van der Waals surface area contributed by atoms with Gasteiger partial charge in [0.05, 0.1) is 0 Å². The summed E-state index contributed by atoms with van der Waals surface area (Å²) in [5.41, 5.74) is 0. The number of ether oxygens (including phenoxy) is 1. The lowest BCUT2D eigenvalue weighted by Gasteiger charge is -2.24. The summed E-state index contributed by atoms with van der Waals surface area (Å²) in [6, 6.07) is 6.45. The van der Waals surface area contributed by atoms with E-state index in [1.54, 1.807) is 31.2 Å². The summed E-state index contributed by atoms with van der Waals surface area (Å²) in [4.78, 5) is 14.3. The van der Waals surface area contributed by atoms with Gasteiger partial charge in [0.25, 0.3) is 5.91 Å². The summed E-state index contributed by atoms with van der Waals surface area (Å²) in [6.07, 6.45) is 2.83. The first-order valence-corrected chi connectivity index (χ1v) is 7.30. The Labute approximate surface area is 120 Å². The fourth-order valence-electron chi connectivity index (χ4n) is 2.52. The largest absolute Gasteiger partial charge is 0.508 e. The quantitative estimate of drug-likeness (QED) is 0.924. The van der Waals surface area contributed by atoms with Crippen LogP contribution in [0.25, 0.3) is 0 Å². The molecule has 2 rings (SSSR count). The highest BCUT2D eigenvalue weighted by Gasteiger charge is 2.24. The molecule has 0 saturated carbocycles. The number of carbonyl (C=O) groups is 1. The Kier molecular flexibility index (Phi) is 4.88. The Morgan fingerprint density at radius 2 is 2.00 bits per heavy atom. The summed E-state index contributed by atoms with van der Waals surface area (Å²) in [7, 11) is 0. The minimum Gasteiger partial charge on any atom is -0.508 e. The number of aromatic hydroxyl groups is 1. The molecular weight excluding hydrogens is 254 g/mol. The molecule has 0 bridgehead atoms. The normalized spacial score (nSPS) is 21.1. The van der Waals surface area contributed by atoms with Gasteiger partial charge in [-0.3, -0.25) is 4.79 Å². The molecule has 1 aromatic carbocycles. The van der Waals surface area contributed by atoms with Crippen molar-refractivity contribution in [3.63, 3.8) is 0 Å². The number of likely N-dealkylation sites (tertiary alicyclic amines) is 1. The molecule has 1 aromatic rings. The molecule has 4 nitrogen and oxygen atoms in total. The molecule has 1 amide bonds. The molecule has 0 radical (unpaired) electrons. The van der Waals surface area contributed by atoms with Crippen molar-refractivity contribution in [3.8, 4) is 11.5 Å². The van der Waals surface area contributed by atoms with E-state index in [0.717, 1.165) is 25.9 Å². The Balaban J connectivity index is 1.92. The first-order chi connectivity index (χ1) is 9.56. The van der Waals surface area contributed by atoms with E-state index in [1.807, 2.05) is 4.90 Å². The Hall–Kier alpha value is -1.71. The van der Waals surface area contributed by atoms with Crippen LogP contribution in [0.3, 0.4) is 0 Å². The van der Waals surface area contributed by atoms with E-state index in [2.05, 4.69) is 6.92 Å². The van der Waals surface area contributed by atoms with Crippen LogP contribution in [0.2, 0.25) is 0 Å². The summed E-state index contributed by atoms with van der Waals surface area (Å²) in [5, 5.41) is 9.23. The van der Waals surface area contributed by atoms with Gasteiger partial charge in [0.15, 0.2) is 6.10 Å². The summed E-state index contributed by atoms with van der Waals surface area (Å²) < 4.78 is 5.65. The molecule has 0 spiro atoms. The third-order valence-electron chi connectivity index (χ3n) is 3.83. The molecule has 1 N–H and O–H groups in total. The average molecular weight is 277 g/mol. The van der Waals surface area contributed by atoms with Crippen molar-refractivity contribution in [1.82, 2.24) is 4.90 Å². The predicted molar refractivity (Wildman–Crippen MR) is 77.8 cm³/mol. The molecular formula is C16H23NO3. The number of phenols is 1. The van der Waals surface area contributed by atoms with Crippen LogP contribution < -0.4 is 4.74 Å². The maximum Gasteiger partial charge on any atom is 0.263 e. The Morgan fingerprint density at radius 1 is 1.30 bits per heavy atom. The second-order valence-electron chi connectivity index (χ2n) is 5.62. The molecule has 1 aliphatic rings. The predicted octanol–water partition coefficient (Wildman–Crippen LogP) is 2.81. The van der Waals surface area contributed by atoms with Crippen molar-refractivity contribution >= 4 is 5.91 Å². The molecule has 1 fully saturated rings. The number of amides is 1. The smallest absolute Gasteiger partial charge is 0.263 e. The lowest BCUT2D eigenvalue weighted by molar-refractivity contribution is -0.137. The van der Waals surface area contributed by atoms with E-state index < -0.39 is 6.10 Å². The molecule has 1 heterocycles. The van der Waals surface area contributed by atoms with Crippen molar-refractivity contribution < 1.29 is 14.6 Å². The molecule has 4 heteroatoms. The van der Waals surface area contributed by atoms with E-state index in [-0.39, 0.29) is 11.7 Å². The number of carbonyl (C=O) groups excluding carboxylic acids is 1. The lowest BCUT2D eigenvalue weighted by Crippen LogP contribution is -2.41. The van der Waals surface area contributed by atoms with Crippen molar-refractivity contribution in [2.24, 2.45) is 5.92 Å². The average Bonchev–Trinajstić information content (AvgIpc) is 2.65.